The van der Waals surface area contributed by atoms with E-state index >= 15 is 0 Å². The van der Waals surface area contributed by atoms with Crippen LogP contribution in [0.2, 0.25) is 0 Å². The van der Waals surface area contributed by atoms with Crippen LogP contribution in [0.4, 0.5) is 0 Å². The smallest absolute Gasteiger partial charge is 0.240 e. The van der Waals surface area contributed by atoms with Crippen LogP contribution in [0.1, 0.15) is 52.9 Å². The number of amides is 3. The van der Waals surface area contributed by atoms with E-state index in [1.807, 2.05) is 6.92 Å². The summed E-state index contributed by atoms with van der Waals surface area (Å²) in [6, 6.07) is 0. The summed E-state index contributed by atoms with van der Waals surface area (Å²) in [6.45, 7) is 6.18. The molecule has 1 saturated heterocycles. The number of nitrogens with zero attached hydrogens (tertiary/aromatic N) is 1. The second kappa shape index (κ2) is 8.30. The highest BCUT2D eigenvalue weighted by molar-refractivity contribution is 6.07. The minimum atomic E-state index is -0.510. The third-order valence-electron chi connectivity index (χ3n) is 4.98. The van der Waals surface area contributed by atoms with Gasteiger partial charge in [0, 0.05) is 12.1 Å². The van der Waals surface area contributed by atoms with E-state index < -0.39 is 5.54 Å². The molecule has 3 N–H and O–H groups in total. The highest BCUT2D eigenvalue weighted by Gasteiger charge is 2.48. The molecule has 1 aliphatic heterocycles. The van der Waals surface area contributed by atoms with Gasteiger partial charge in [-0.05, 0) is 32.1 Å². The van der Waals surface area contributed by atoms with Crippen molar-refractivity contribution in [3.8, 4) is 0 Å². The lowest BCUT2D eigenvalue weighted by Crippen LogP contribution is -2.55. The van der Waals surface area contributed by atoms with Gasteiger partial charge in [-0.15, -0.1) is 12.4 Å². The van der Waals surface area contributed by atoms with Gasteiger partial charge in [-0.25, -0.2) is 0 Å². The van der Waals surface area contributed by atoms with E-state index in [1.165, 1.54) is 0 Å². The van der Waals surface area contributed by atoms with E-state index in [2.05, 4.69) is 19.2 Å². The Morgan fingerprint density at radius 2 is 1.75 bits per heavy atom. The quantitative estimate of drug-likeness (QED) is 0.702. The molecule has 6 nitrogen and oxygen atoms in total. The molecule has 24 heavy (non-hydrogen) atoms. The number of hydrogen-bond acceptors (Lipinski definition) is 4. The number of nitrogens with one attached hydrogen (secondary N) is 1. The van der Waals surface area contributed by atoms with Crippen LogP contribution in [0.25, 0.3) is 0 Å². The van der Waals surface area contributed by atoms with Gasteiger partial charge in [0.1, 0.15) is 6.54 Å². The van der Waals surface area contributed by atoms with Crippen molar-refractivity contribution in [3.05, 3.63) is 0 Å². The highest BCUT2D eigenvalue weighted by atomic mass is 35.5. The molecule has 0 spiro atoms. The molecule has 3 unspecified atom stereocenters. The number of carbonyl (C=O) groups is 3. The van der Waals surface area contributed by atoms with E-state index in [4.69, 9.17) is 5.73 Å². The Balaban J connectivity index is 0.00000288. The summed E-state index contributed by atoms with van der Waals surface area (Å²) in [5.74, 6) is -0.678. The lowest BCUT2D eigenvalue weighted by Gasteiger charge is -2.31. The fourth-order valence-corrected chi connectivity index (χ4v) is 3.99. The summed E-state index contributed by atoms with van der Waals surface area (Å²) >= 11 is 0. The Bertz CT molecular complexity index is 473. The first kappa shape index (κ1) is 20.9. The first-order valence-corrected chi connectivity index (χ1v) is 8.63. The van der Waals surface area contributed by atoms with Crippen molar-refractivity contribution >= 4 is 30.1 Å². The van der Waals surface area contributed by atoms with Crippen LogP contribution >= 0.6 is 12.4 Å². The van der Waals surface area contributed by atoms with Crippen molar-refractivity contribution in [3.63, 3.8) is 0 Å². The summed E-state index contributed by atoms with van der Waals surface area (Å²) in [5, 5.41) is 2.91. The molecule has 138 valence electrons. The zero-order valence-electron chi connectivity index (χ0n) is 14.8. The predicted octanol–water partition coefficient (Wildman–Crippen LogP) is 1.46. The van der Waals surface area contributed by atoms with Crippen LogP contribution in [0.3, 0.4) is 0 Å². The molecule has 2 rings (SSSR count). The molecular formula is C17H30ClN3O3. The normalized spacial score (nSPS) is 26.0. The van der Waals surface area contributed by atoms with Crippen molar-refractivity contribution in [2.24, 2.45) is 23.5 Å². The van der Waals surface area contributed by atoms with Crippen molar-refractivity contribution < 1.29 is 14.4 Å². The standard InChI is InChI=1S/C17H29N3O3.ClH/c1-11(2)8-17(3,10-18)19-14(21)9-20-15(22)12-6-4-5-7-13(12)16(20)23;/h11-13H,4-10,18H2,1-3H3,(H,19,21);1H. The summed E-state index contributed by atoms with van der Waals surface area (Å²) in [6.07, 6.45) is 4.25. The fraction of sp³-hybridized carbons (Fsp3) is 0.824. The van der Waals surface area contributed by atoms with Crippen LogP contribution in [0.15, 0.2) is 0 Å². The maximum absolute atomic E-state index is 12.4. The number of fused-ring (bicyclic) bond motifs is 1. The SMILES string of the molecule is CC(C)CC(C)(CN)NC(=O)CN1C(=O)C2CCCCC2C1=O.Cl. The van der Waals surface area contributed by atoms with Gasteiger partial charge < -0.3 is 11.1 Å². The molecule has 2 aliphatic rings. The lowest BCUT2D eigenvalue weighted by atomic mass is 9.81. The van der Waals surface area contributed by atoms with Crippen LogP contribution < -0.4 is 11.1 Å². The van der Waals surface area contributed by atoms with Gasteiger partial charge in [0.05, 0.1) is 11.8 Å². The number of rotatable bonds is 6. The molecule has 1 aliphatic carbocycles. The first-order valence-electron chi connectivity index (χ1n) is 8.63. The van der Waals surface area contributed by atoms with Crippen molar-refractivity contribution in [2.75, 3.05) is 13.1 Å². The van der Waals surface area contributed by atoms with Crippen molar-refractivity contribution in [1.29, 1.82) is 0 Å². The van der Waals surface area contributed by atoms with Gasteiger partial charge in [-0.1, -0.05) is 26.7 Å². The maximum Gasteiger partial charge on any atom is 0.240 e. The molecule has 7 heteroatoms. The Kier molecular flexibility index (Phi) is 7.23. The van der Waals surface area contributed by atoms with Gasteiger partial charge >= 0.3 is 0 Å². The zero-order valence-corrected chi connectivity index (χ0v) is 15.7. The number of nitrogens with two attached hydrogens (primary N) is 1. The topological polar surface area (TPSA) is 92.5 Å². The first-order chi connectivity index (χ1) is 10.8. The van der Waals surface area contributed by atoms with E-state index in [-0.39, 0.29) is 48.5 Å². The predicted molar refractivity (Wildman–Crippen MR) is 94.5 cm³/mol. The summed E-state index contributed by atoms with van der Waals surface area (Å²) in [4.78, 5) is 38.3. The van der Waals surface area contributed by atoms with E-state index in [9.17, 15) is 14.4 Å². The number of imide groups is 1. The van der Waals surface area contributed by atoms with Crippen LogP contribution in [0, 0.1) is 17.8 Å². The number of hydrogen-bond donors (Lipinski definition) is 2. The second-order valence-electron chi connectivity index (χ2n) is 7.67. The summed E-state index contributed by atoms with van der Waals surface area (Å²) in [5.41, 5.74) is 5.29. The molecule has 0 aromatic carbocycles. The molecule has 0 aromatic rings. The molecule has 3 atom stereocenters. The van der Waals surface area contributed by atoms with E-state index in [1.54, 1.807) is 0 Å². The molecule has 0 bridgehead atoms. The van der Waals surface area contributed by atoms with Crippen molar-refractivity contribution in [1.82, 2.24) is 10.2 Å². The lowest BCUT2D eigenvalue weighted by molar-refractivity contribution is -0.144. The third-order valence-corrected chi connectivity index (χ3v) is 4.98. The average Bonchev–Trinajstić information content (AvgIpc) is 2.72. The second-order valence-corrected chi connectivity index (χ2v) is 7.67. The van der Waals surface area contributed by atoms with Crippen LogP contribution in [-0.2, 0) is 14.4 Å². The molecule has 0 radical (unpaired) electrons. The minimum absolute atomic E-state index is 0. The van der Waals surface area contributed by atoms with Gasteiger partial charge in [-0.2, -0.15) is 0 Å². The third kappa shape index (κ3) is 4.48. The Morgan fingerprint density at radius 1 is 1.25 bits per heavy atom. The monoisotopic (exact) mass is 359 g/mol. The number of likely N-dealkylation sites (tertiary alicyclic amines) is 1. The fourth-order valence-electron chi connectivity index (χ4n) is 3.99. The Morgan fingerprint density at radius 3 is 2.17 bits per heavy atom. The average molecular weight is 360 g/mol. The largest absolute Gasteiger partial charge is 0.348 e. The van der Waals surface area contributed by atoms with Gasteiger partial charge in [0.2, 0.25) is 17.7 Å². The van der Waals surface area contributed by atoms with Gasteiger partial charge in [0.25, 0.3) is 0 Å². The van der Waals surface area contributed by atoms with E-state index in [0.717, 1.165) is 37.0 Å². The molecule has 0 aromatic heterocycles. The van der Waals surface area contributed by atoms with E-state index in [0.29, 0.717) is 12.5 Å². The van der Waals surface area contributed by atoms with Crippen LogP contribution in [0.5, 0.6) is 0 Å². The van der Waals surface area contributed by atoms with Gasteiger partial charge in [0.15, 0.2) is 0 Å². The summed E-state index contributed by atoms with van der Waals surface area (Å²) < 4.78 is 0. The molecule has 2 fully saturated rings. The molecule has 3 amide bonds. The molecule has 1 heterocycles. The zero-order chi connectivity index (χ0) is 17.2. The van der Waals surface area contributed by atoms with Crippen LogP contribution in [-0.4, -0.2) is 41.2 Å². The summed E-state index contributed by atoms with van der Waals surface area (Å²) in [7, 11) is 0. The maximum atomic E-state index is 12.4. The molecular weight excluding hydrogens is 330 g/mol. The number of halogens is 1. The number of carbonyl (C=O) groups excluding carboxylic acids is 3. The van der Waals surface area contributed by atoms with Gasteiger partial charge in [-0.3, -0.25) is 19.3 Å². The highest BCUT2D eigenvalue weighted by Crippen LogP contribution is 2.37. The Labute approximate surface area is 150 Å². The minimum Gasteiger partial charge on any atom is -0.348 e. The van der Waals surface area contributed by atoms with Crippen molar-refractivity contribution in [2.45, 2.75) is 58.4 Å². The Hall–Kier alpha value is -1.14. The molecule has 1 saturated carbocycles.